The Hall–Kier alpha value is -1.95. The van der Waals surface area contributed by atoms with Gasteiger partial charge in [-0.15, -0.1) is 0 Å². The predicted molar refractivity (Wildman–Crippen MR) is 63.1 cm³/mol. The largest absolute Gasteiger partial charge is 0.478 e. The van der Waals surface area contributed by atoms with E-state index < -0.39 is 23.8 Å². The molecule has 0 aliphatic carbocycles. The first-order chi connectivity index (χ1) is 8.45. The maximum atomic E-state index is 13.4. The van der Waals surface area contributed by atoms with E-state index in [9.17, 15) is 14.0 Å². The fourth-order valence-corrected chi connectivity index (χ4v) is 1.31. The van der Waals surface area contributed by atoms with Crippen LogP contribution in [-0.2, 0) is 9.53 Å². The molecule has 1 atom stereocenters. The van der Waals surface area contributed by atoms with Crippen molar-refractivity contribution < 1.29 is 23.8 Å². The van der Waals surface area contributed by atoms with E-state index in [1.54, 1.807) is 6.92 Å². The van der Waals surface area contributed by atoms with E-state index in [0.717, 1.165) is 18.2 Å². The van der Waals surface area contributed by atoms with Crippen molar-refractivity contribution in [2.45, 2.75) is 20.0 Å². The summed E-state index contributed by atoms with van der Waals surface area (Å²) >= 11 is 0. The van der Waals surface area contributed by atoms with Gasteiger partial charge in [-0.1, -0.05) is 0 Å². The molecule has 0 aliphatic heterocycles. The standard InChI is InChI=1S/C12H14FNO4/c1-3-18-7(2)11(15)14-10-6-8(12(16)17)4-5-9(10)13/h4-7H,3H2,1-2H3,(H,14,15)(H,16,17). The molecule has 0 saturated heterocycles. The molecule has 1 unspecified atom stereocenters. The summed E-state index contributed by atoms with van der Waals surface area (Å²) in [5.74, 6) is -2.42. The monoisotopic (exact) mass is 255 g/mol. The van der Waals surface area contributed by atoms with Crippen LogP contribution < -0.4 is 5.32 Å². The summed E-state index contributed by atoms with van der Waals surface area (Å²) in [6.45, 7) is 3.61. The second-order valence-electron chi connectivity index (χ2n) is 3.59. The Morgan fingerprint density at radius 2 is 2.17 bits per heavy atom. The number of amides is 1. The van der Waals surface area contributed by atoms with Gasteiger partial charge in [0, 0.05) is 6.61 Å². The molecule has 0 saturated carbocycles. The molecule has 0 fully saturated rings. The normalized spacial score (nSPS) is 11.9. The third-order valence-corrected chi connectivity index (χ3v) is 2.26. The number of benzene rings is 1. The maximum absolute atomic E-state index is 13.4. The van der Waals surface area contributed by atoms with Gasteiger partial charge < -0.3 is 15.2 Å². The Morgan fingerprint density at radius 3 is 2.72 bits per heavy atom. The zero-order valence-electron chi connectivity index (χ0n) is 10.1. The lowest BCUT2D eigenvalue weighted by atomic mass is 10.2. The summed E-state index contributed by atoms with van der Waals surface area (Å²) in [6.07, 6.45) is -0.733. The molecule has 0 radical (unpaired) electrons. The highest BCUT2D eigenvalue weighted by Crippen LogP contribution is 2.16. The van der Waals surface area contributed by atoms with Crippen LogP contribution in [0.3, 0.4) is 0 Å². The van der Waals surface area contributed by atoms with E-state index in [-0.39, 0.29) is 11.3 Å². The number of rotatable bonds is 5. The minimum atomic E-state index is -1.19. The summed E-state index contributed by atoms with van der Waals surface area (Å²) in [6, 6.07) is 3.18. The topological polar surface area (TPSA) is 75.6 Å². The Bertz CT molecular complexity index is 461. The van der Waals surface area contributed by atoms with Gasteiger partial charge in [-0.2, -0.15) is 0 Å². The Balaban J connectivity index is 2.86. The molecule has 1 aromatic carbocycles. The third kappa shape index (κ3) is 3.53. The van der Waals surface area contributed by atoms with Crippen LogP contribution >= 0.6 is 0 Å². The first-order valence-corrected chi connectivity index (χ1v) is 5.41. The predicted octanol–water partition coefficient (Wildman–Crippen LogP) is 1.89. The molecule has 98 valence electrons. The van der Waals surface area contributed by atoms with Gasteiger partial charge in [-0.05, 0) is 32.0 Å². The molecule has 1 aromatic rings. The highest BCUT2D eigenvalue weighted by molar-refractivity contribution is 5.96. The third-order valence-electron chi connectivity index (χ3n) is 2.26. The molecule has 1 amide bonds. The lowest BCUT2D eigenvalue weighted by molar-refractivity contribution is -0.126. The van der Waals surface area contributed by atoms with Gasteiger partial charge in [0.1, 0.15) is 11.9 Å². The number of ether oxygens (including phenoxy) is 1. The number of hydrogen-bond donors (Lipinski definition) is 2. The fourth-order valence-electron chi connectivity index (χ4n) is 1.31. The van der Waals surface area contributed by atoms with Crippen LogP contribution in [0.1, 0.15) is 24.2 Å². The molecule has 0 bridgehead atoms. The molecular weight excluding hydrogens is 241 g/mol. The van der Waals surface area contributed by atoms with Crippen LogP contribution in [0.5, 0.6) is 0 Å². The van der Waals surface area contributed by atoms with Crippen LogP contribution in [-0.4, -0.2) is 29.7 Å². The zero-order valence-corrected chi connectivity index (χ0v) is 10.1. The number of halogens is 1. The highest BCUT2D eigenvalue weighted by atomic mass is 19.1. The summed E-state index contributed by atoms with van der Waals surface area (Å²) in [5, 5.41) is 11.1. The van der Waals surface area contributed by atoms with Crippen molar-refractivity contribution in [2.75, 3.05) is 11.9 Å². The number of aromatic carboxylic acids is 1. The number of carbonyl (C=O) groups excluding carboxylic acids is 1. The molecule has 6 heteroatoms. The van der Waals surface area contributed by atoms with Gasteiger partial charge in [0.25, 0.3) is 5.91 Å². The molecule has 5 nitrogen and oxygen atoms in total. The average molecular weight is 255 g/mol. The minimum absolute atomic E-state index is 0.101. The SMILES string of the molecule is CCOC(C)C(=O)Nc1cc(C(=O)O)ccc1F. The molecule has 18 heavy (non-hydrogen) atoms. The average Bonchev–Trinajstić information content (AvgIpc) is 2.31. The van der Waals surface area contributed by atoms with Crippen molar-refractivity contribution in [1.29, 1.82) is 0 Å². The van der Waals surface area contributed by atoms with Gasteiger partial charge >= 0.3 is 5.97 Å². The van der Waals surface area contributed by atoms with Gasteiger partial charge in [0.05, 0.1) is 11.3 Å². The van der Waals surface area contributed by atoms with E-state index >= 15 is 0 Å². The number of carboxylic acid groups (broad SMARTS) is 1. The lowest BCUT2D eigenvalue weighted by Crippen LogP contribution is -2.28. The Labute approximate surface area is 104 Å². The second kappa shape index (κ2) is 6.11. The maximum Gasteiger partial charge on any atom is 0.335 e. The van der Waals surface area contributed by atoms with E-state index in [2.05, 4.69) is 5.32 Å². The van der Waals surface area contributed by atoms with Crippen molar-refractivity contribution in [3.8, 4) is 0 Å². The summed E-state index contributed by atoms with van der Waals surface area (Å²) in [4.78, 5) is 22.3. The number of nitrogens with one attached hydrogen (secondary N) is 1. The van der Waals surface area contributed by atoms with Crippen molar-refractivity contribution >= 4 is 17.6 Å². The van der Waals surface area contributed by atoms with Crippen molar-refractivity contribution in [3.05, 3.63) is 29.6 Å². The van der Waals surface area contributed by atoms with Crippen molar-refractivity contribution in [2.24, 2.45) is 0 Å². The summed E-state index contributed by atoms with van der Waals surface area (Å²) in [7, 11) is 0. The van der Waals surface area contributed by atoms with E-state index in [1.807, 2.05) is 0 Å². The summed E-state index contributed by atoms with van der Waals surface area (Å²) in [5.41, 5.74) is -0.276. The summed E-state index contributed by atoms with van der Waals surface area (Å²) < 4.78 is 18.4. The first-order valence-electron chi connectivity index (χ1n) is 5.41. The van der Waals surface area contributed by atoms with Crippen LogP contribution in [0.15, 0.2) is 18.2 Å². The van der Waals surface area contributed by atoms with Crippen molar-refractivity contribution in [3.63, 3.8) is 0 Å². The van der Waals surface area contributed by atoms with Crippen LogP contribution in [0.2, 0.25) is 0 Å². The van der Waals surface area contributed by atoms with Gasteiger partial charge in [0.15, 0.2) is 0 Å². The quantitative estimate of drug-likeness (QED) is 0.842. The second-order valence-corrected chi connectivity index (χ2v) is 3.59. The number of anilines is 1. The van der Waals surface area contributed by atoms with Crippen LogP contribution in [0.25, 0.3) is 0 Å². The van der Waals surface area contributed by atoms with Crippen LogP contribution in [0, 0.1) is 5.82 Å². The number of carbonyl (C=O) groups is 2. The Morgan fingerprint density at radius 1 is 1.50 bits per heavy atom. The zero-order chi connectivity index (χ0) is 13.7. The van der Waals surface area contributed by atoms with Gasteiger partial charge in [-0.25, -0.2) is 9.18 Å². The first kappa shape index (κ1) is 14.1. The van der Waals surface area contributed by atoms with Crippen LogP contribution in [0.4, 0.5) is 10.1 Å². The van der Waals surface area contributed by atoms with Gasteiger partial charge in [0.2, 0.25) is 0 Å². The number of carboxylic acids is 1. The minimum Gasteiger partial charge on any atom is -0.478 e. The number of hydrogen-bond acceptors (Lipinski definition) is 3. The molecule has 0 spiro atoms. The van der Waals surface area contributed by atoms with E-state index in [1.165, 1.54) is 6.92 Å². The van der Waals surface area contributed by atoms with E-state index in [4.69, 9.17) is 9.84 Å². The molecular formula is C12H14FNO4. The molecule has 0 aromatic heterocycles. The Kier molecular flexibility index (Phi) is 4.79. The van der Waals surface area contributed by atoms with E-state index in [0.29, 0.717) is 6.61 Å². The fraction of sp³-hybridized carbons (Fsp3) is 0.333. The lowest BCUT2D eigenvalue weighted by Gasteiger charge is -2.12. The highest BCUT2D eigenvalue weighted by Gasteiger charge is 2.16. The molecule has 2 N–H and O–H groups in total. The molecule has 1 rings (SSSR count). The van der Waals surface area contributed by atoms with Gasteiger partial charge in [-0.3, -0.25) is 4.79 Å². The molecule has 0 heterocycles. The molecule has 0 aliphatic rings. The van der Waals surface area contributed by atoms with Crippen molar-refractivity contribution in [1.82, 2.24) is 0 Å². The smallest absolute Gasteiger partial charge is 0.335 e.